The molecule has 18 heavy (non-hydrogen) atoms. The number of nitrogens with zero attached hydrogens (tertiary/aromatic N) is 2. The van der Waals surface area contributed by atoms with Gasteiger partial charge in [-0.1, -0.05) is 0 Å². The molecular formula is C13H15BrN4. The normalized spacial score (nSPS) is 12.3. The number of nitrogens with one attached hydrogen (secondary N) is 1. The van der Waals surface area contributed by atoms with Gasteiger partial charge in [0.2, 0.25) is 0 Å². The molecule has 0 bridgehead atoms. The number of rotatable bonds is 4. The Morgan fingerprint density at radius 2 is 2.17 bits per heavy atom. The van der Waals surface area contributed by atoms with Crippen molar-refractivity contribution in [3.05, 3.63) is 52.4 Å². The van der Waals surface area contributed by atoms with Gasteiger partial charge in [0.15, 0.2) is 0 Å². The Balaban J connectivity index is 2.17. The van der Waals surface area contributed by atoms with E-state index in [-0.39, 0.29) is 6.04 Å². The van der Waals surface area contributed by atoms with Crippen molar-refractivity contribution in [2.75, 3.05) is 12.8 Å². The maximum absolute atomic E-state index is 5.68. The number of nitrogen functional groups attached to an aromatic ring is 1. The lowest BCUT2D eigenvalue weighted by atomic mass is 10.0. The number of pyridine rings is 2. The van der Waals surface area contributed by atoms with Crippen LogP contribution in [0, 0.1) is 0 Å². The second-order valence-electron chi connectivity index (χ2n) is 4.04. The van der Waals surface area contributed by atoms with Gasteiger partial charge in [-0.05, 0) is 59.2 Å². The summed E-state index contributed by atoms with van der Waals surface area (Å²) in [5, 5.41) is 3.27. The van der Waals surface area contributed by atoms with Gasteiger partial charge < -0.3 is 11.1 Å². The monoisotopic (exact) mass is 306 g/mol. The van der Waals surface area contributed by atoms with Crippen molar-refractivity contribution in [1.29, 1.82) is 0 Å². The first-order valence-electron chi connectivity index (χ1n) is 5.68. The fourth-order valence-electron chi connectivity index (χ4n) is 1.80. The minimum Gasteiger partial charge on any atom is -0.384 e. The van der Waals surface area contributed by atoms with Crippen LogP contribution in [0.1, 0.15) is 17.3 Å². The van der Waals surface area contributed by atoms with E-state index in [1.165, 1.54) is 0 Å². The van der Waals surface area contributed by atoms with Crippen molar-refractivity contribution in [3.8, 4) is 0 Å². The van der Waals surface area contributed by atoms with Crippen molar-refractivity contribution in [3.63, 3.8) is 0 Å². The molecule has 94 valence electrons. The van der Waals surface area contributed by atoms with Crippen LogP contribution in [-0.4, -0.2) is 17.0 Å². The third-order valence-corrected chi connectivity index (χ3v) is 3.21. The molecule has 3 N–H and O–H groups in total. The van der Waals surface area contributed by atoms with Gasteiger partial charge in [-0.25, -0.2) is 4.98 Å². The highest BCUT2D eigenvalue weighted by Gasteiger charge is 2.11. The average Bonchev–Trinajstić information content (AvgIpc) is 2.37. The van der Waals surface area contributed by atoms with Crippen molar-refractivity contribution in [1.82, 2.24) is 15.3 Å². The fraction of sp³-hybridized carbons (Fsp3) is 0.231. The maximum Gasteiger partial charge on any atom is 0.123 e. The van der Waals surface area contributed by atoms with Crippen molar-refractivity contribution >= 4 is 21.7 Å². The molecule has 2 rings (SSSR count). The van der Waals surface area contributed by atoms with Gasteiger partial charge in [0.25, 0.3) is 0 Å². The summed E-state index contributed by atoms with van der Waals surface area (Å²) in [4.78, 5) is 8.40. The van der Waals surface area contributed by atoms with Gasteiger partial charge in [0, 0.05) is 16.9 Å². The summed E-state index contributed by atoms with van der Waals surface area (Å²) < 4.78 is 0.981. The third kappa shape index (κ3) is 3.27. The second kappa shape index (κ2) is 5.93. The molecule has 2 heterocycles. The van der Waals surface area contributed by atoms with Gasteiger partial charge in [-0.3, -0.25) is 4.98 Å². The van der Waals surface area contributed by atoms with E-state index in [1.54, 1.807) is 12.4 Å². The predicted octanol–water partition coefficient (Wildman–Crippen LogP) is 2.32. The summed E-state index contributed by atoms with van der Waals surface area (Å²) in [7, 11) is 1.93. The highest BCUT2D eigenvalue weighted by Crippen LogP contribution is 2.18. The van der Waals surface area contributed by atoms with Crippen LogP contribution in [0.2, 0.25) is 0 Å². The molecule has 0 saturated heterocycles. The van der Waals surface area contributed by atoms with Crippen LogP contribution in [0.25, 0.3) is 0 Å². The van der Waals surface area contributed by atoms with Gasteiger partial charge in [0.05, 0.1) is 11.7 Å². The number of halogens is 1. The van der Waals surface area contributed by atoms with Crippen LogP contribution in [0.3, 0.4) is 0 Å². The molecule has 0 spiro atoms. The molecule has 1 atom stereocenters. The Morgan fingerprint density at radius 3 is 2.78 bits per heavy atom. The summed E-state index contributed by atoms with van der Waals surface area (Å²) >= 11 is 3.39. The van der Waals surface area contributed by atoms with Crippen LogP contribution in [-0.2, 0) is 6.42 Å². The van der Waals surface area contributed by atoms with E-state index in [2.05, 4.69) is 31.2 Å². The molecule has 2 aromatic rings. The lowest BCUT2D eigenvalue weighted by molar-refractivity contribution is 0.575. The molecule has 0 aromatic carbocycles. The van der Waals surface area contributed by atoms with E-state index >= 15 is 0 Å². The second-order valence-corrected chi connectivity index (χ2v) is 4.95. The number of anilines is 1. The molecule has 0 radical (unpaired) electrons. The van der Waals surface area contributed by atoms with E-state index < -0.39 is 0 Å². The number of aromatic nitrogens is 2. The molecule has 0 amide bonds. The van der Waals surface area contributed by atoms with E-state index in [4.69, 9.17) is 5.73 Å². The van der Waals surface area contributed by atoms with Crippen molar-refractivity contribution < 1.29 is 0 Å². The average molecular weight is 307 g/mol. The largest absolute Gasteiger partial charge is 0.384 e. The van der Waals surface area contributed by atoms with Gasteiger partial charge >= 0.3 is 0 Å². The first kappa shape index (κ1) is 13.0. The zero-order valence-electron chi connectivity index (χ0n) is 10.1. The fourth-order valence-corrected chi connectivity index (χ4v) is 2.04. The Hall–Kier alpha value is -1.46. The minimum absolute atomic E-state index is 0.167. The predicted molar refractivity (Wildman–Crippen MR) is 76.1 cm³/mol. The zero-order valence-corrected chi connectivity index (χ0v) is 11.7. The first-order valence-corrected chi connectivity index (χ1v) is 6.47. The van der Waals surface area contributed by atoms with Crippen LogP contribution < -0.4 is 11.1 Å². The molecule has 4 nitrogen and oxygen atoms in total. The summed E-state index contributed by atoms with van der Waals surface area (Å²) in [6.45, 7) is 0. The molecule has 2 aromatic heterocycles. The minimum atomic E-state index is 0.167. The quantitative estimate of drug-likeness (QED) is 0.910. The van der Waals surface area contributed by atoms with Gasteiger partial charge in [-0.2, -0.15) is 0 Å². The highest BCUT2D eigenvalue weighted by atomic mass is 79.9. The topological polar surface area (TPSA) is 63.8 Å². The third-order valence-electron chi connectivity index (χ3n) is 2.74. The summed E-state index contributed by atoms with van der Waals surface area (Å²) in [6.07, 6.45) is 4.37. The Labute approximate surface area is 115 Å². The van der Waals surface area contributed by atoms with E-state index in [1.807, 2.05) is 31.3 Å². The zero-order chi connectivity index (χ0) is 13.0. The number of hydrogen-bond acceptors (Lipinski definition) is 4. The maximum atomic E-state index is 5.68. The number of nitrogens with two attached hydrogens (primary N) is 1. The molecule has 0 fully saturated rings. The molecule has 0 aliphatic heterocycles. The van der Waals surface area contributed by atoms with Gasteiger partial charge in [0.1, 0.15) is 5.82 Å². The standard InChI is InChI=1S/C13H15BrN4/c1-16-12(11-3-2-10(14)8-18-11)6-9-4-5-17-13(15)7-9/h2-5,7-8,12,16H,6H2,1H3,(H2,15,17). The lowest BCUT2D eigenvalue weighted by Crippen LogP contribution is -2.20. The lowest BCUT2D eigenvalue weighted by Gasteiger charge is -2.15. The van der Waals surface area contributed by atoms with Gasteiger partial charge in [-0.15, -0.1) is 0 Å². The highest BCUT2D eigenvalue weighted by molar-refractivity contribution is 9.10. The van der Waals surface area contributed by atoms with Crippen molar-refractivity contribution in [2.24, 2.45) is 0 Å². The molecule has 0 aliphatic carbocycles. The molecule has 0 saturated carbocycles. The Kier molecular flexibility index (Phi) is 4.28. The van der Waals surface area contributed by atoms with Crippen LogP contribution >= 0.6 is 15.9 Å². The van der Waals surface area contributed by atoms with E-state index in [0.29, 0.717) is 5.82 Å². The van der Waals surface area contributed by atoms with E-state index in [0.717, 1.165) is 22.2 Å². The molecular weight excluding hydrogens is 292 g/mol. The molecule has 0 aliphatic rings. The number of likely N-dealkylation sites (N-methyl/N-ethyl adjacent to an activating group) is 1. The summed E-state index contributed by atoms with van der Waals surface area (Å²) in [6, 6.07) is 8.03. The Bertz CT molecular complexity index is 513. The molecule has 1 unspecified atom stereocenters. The Morgan fingerprint density at radius 1 is 1.33 bits per heavy atom. The number of hydrogen-bond donors (Lipinski definition) is 2. The van der Waals surface area contributed by atoms with Crippen LogP contribution in [0.4, 0.5) is 5.82 Å². The summed E-state index contributed by atoms with van der Waals surface area (Å²) in [5.41, 5.74) is 7.84. The van der Waals surface area contributed by atoms with Crippen LogP contribution in [0.5, 0.6) is 0 Å². The summed E-state index contributed by atoms with van der Waals surface area (Å²) in [5.74, 6) is 0.547. The first-order chi connectivity index (χ1) is 8.69. The molecule has 5 heteroatoms. The van der Waals surface area contributed by atoms with Crippen molar-refractivity contribution in [2.45, 2.75) is 12.5 Å². The van der Waals surface area contributed by atoms with Crippen LogP contribution in [0.15, 0.2) is 41.1 Å². The smallest absolute Gasteiger partial charge is 0.123 e. The van der Waals surface area contributed by atoms with E-state index in [9.17, 15) is 0 Å². The SMILES string of the molecule is CNC(Cc1ccnc(N)c1)c1ccc(Br)cn1.